The van der Waals surface area contributed by atoms with Gasteiger partial charge in [-0.15, -0.1) is 0 Å². The van der Waals surface area contributed by atoms with Crippen molar-refractivity contribution in [2.75, 3.05) is 25.1 Å². The van der Waals surface area contributed by atoms with E-state index in [1.165, 1.54) is 5.56 Å². The highest BCUT2D eigenvalue weighted by Gasteiger charge is 2.35. The molecule has 1 aliphatic heterocycles. The minimum absolute atomic E-state index is 0.199. The lowest BCUT2D eigenvalue weighted by Crippen LogP contribution is -2.47. The zero-order chi connectivity index (χ0) is 19.3. The lowest BCUT2D eigenvalue weighted by atomic mass is 9.74. The van der Waals surface area contributed by atoms with Gasteiger partial charge in [-0.3, -0.25) is 9.59 Å². The van der Waals surface area contributed by atoms with Crippen molar-refractivity contribution in [3.05, 3.63) is 65.2 Å². The zero-order valence-electron chi connectivity index (χ0n) is 15.9. The van der Waals surface area contributed by atoms with Gasteiger partial charge in [-0.05, 0) is 43.9 Å². The summed E-state index contributed by atoms with van der Waals surface area (Å²) in [5, 5.41) is 5.54. The molecule has 1 aliphatic rings. The second-order valence-corrected chi connectivity index (χ2v) is 7.21. The third kappa shape index (κ3) is 4.55. The Kier molecular flexibility index (Phi) is 5.91. The number of hydrogen-bond acceptors (Lipinski definition) is 3. The molecule has 0 saturated carbocycles. The summed E-state index contributed by atoms with van der Waals surface area (Å²) < 4.78 is 5.51. The summed E-state index contributed by atoms with van der Waals surface area (Å²) in [6, 6.07) is 15.8. The van der Waals surface area contributed by atoms with Crippen molar-refractivity contribution in [1.29, 1.82) is 0 Å². The van der Waals surface area contributed by atoms with Crippen molar-refractivity contribution in [2.45, 2.75) is 32.1 Å². The SMILES string of the molecule is Cc1ccc(NC(=O)C(=O)NCC2(c3ccccc3)CCOCC2)c(C)c1. The molecule has 2 aromatic carbocycles. The quantitative estimate of drug-likeness (QED) is 0.817. The van der Waals surface area contributed by atoms with Crippen LogP contribution < -0.4 is 10.6 Å². The first-order valence-corrected chi connectivity index (χ1v) is 9.30. The van der Waals surface area contributed by atoms with Gasteiger partial charge in [0.25, 0.3) is 0 Å². The van der Waals surface area contributed by atoms with Crippen LogP contribution in [-0.4, -0.2) is 31.6 Å². The molecule has 2 amide bonds. The van der Waals surface area contributed by atoms with Gasteiger partial charge in [0.15, 0.2) is 0 Å². The average molecular weight is 366 g/mol. The maximum atomic E-state index is 12.4. The fourth-order valence-corrected chi connectivity index (χ4v) is 3.58. The van der Waals surface area contributed by atoms with Gasteiger partial charge in [-0.2, -0.15) is 0 Å². The van der Waals surface area contributed by atoms with Crippen molar-refractivity contribution >= 4 is 17.5 Å². The van der Waals surface area contributed by atoms with E-state index < -0.39 is 11.8 Å². The third-order valence-electron chi connectivity index (χ3n) is 5.26. The highest BCUT2D eigenvalue weighted by molar-refractivity contribution is 6.39. The smallest absolute Gasteiger partial charge is 0.313 e. The van der Waals surface area contributed by atoms with E-state index >= 15 is 0 Å². The number of nitrogens with one attached hydrogen (secondary N) is 2. The van der Waals surface area contributed by atoms with Gasteiger partial charge >= 0.3 is 11.8 Å². The zero-order valence-corrected chi connectivity index (χ0v) is 15.9. The molecule has 5 nitrogen and oxygen atoms in total. The monoisotopic (exact) mass is 366 g/mol. The molecule has 0 unspecified atom stereocenters. The molecule has 1 heterocycles. The molecule has 0 atom stereocenters. The van der Waals surface area contributed by atoms with Crippen LogP contribution in [0.15, 0.2) is 48.5 Å². The van der Waals surface area contributed by atoms with Gasteiger partial charge in [0.2, 0.25) is 0 Å². The largest absolute Gasteiger partial charge is 0.381 e. The maximum Gasteiger partial charge on any atom is 0.313 e. The number of aryl methyl sites for hydroxylation is 2. The van der Waals surface area contributed by atoms with E-state index in [9.17, 15) is 9.59 Å². The minimum Gasteiger partial charge on any atom is -0.381 e. The van der Waals surface area contributed by atoms with Crippen molar-refractivity contribution in [2.24, 2.45) is 0 Å². The maximum absolute atomic E-state index is 12.4. The minimum atomic E-state index is -0.641. The van der Waals surface area contributed by atoms with E-state index in [1.807, 2.05) is 50.2 Å². The third-order valence-corrected chi connectivity index (χ3v) is 5.26. The van der Waals surface area contributed by atoms with Gasteiger partial charge in [-0.25, -0.2) is 0 Å². The normalized spacial score (nSPS) is 15.8. The number of benzene rings is 2. The van der Waals surface area contributed by atoms with Crippen LogP contribution in [-0.2, 0) is 19.7 Å². The fraction of sp³-hybridized carbons (Fsp3) is 0.364. The first-order chi connectivity index (χ1) is 13.0. The molecule has 0 radical (unpaired) electrons. The number of hydrogen-bond donors (Lipinski definition) is 2. The van der Waals surface area contributed by atoms with Crippen molar-refractivity contribution < 1.29 is 14.3 Å². The number of carbonyl (C=O) groups is 2. The van der Waals surface area contributed by atoms with E-state index in [4.69, 9.17) is 4.74 Å². The second kappa shape index (κ2) is 8.35. The Labute approximate surface area is 160 Å². The fourth-order valence-electron chi connectivity index (χ4n) is 3.58. The highest BCUT2D eigenvalue weighted by atomic mass is 16.5. The predicted octanol–water partition coefficient (Wildman–Crippen LogP) is 3.11. The van der Waals surface area contributed by atoms with E-state index in [0.717, 1.165) is 24.0 Å². The van der Waals surface area contributed by atoms with Crippen LogP contribution in [0.3, 0.4) is 0 Å². The summed E-state index contributed by atoms with van der Waals surface area (Å²) in [4.78, 5) is 24.7. The molecule has 2 N–H and O–H groups in total. The van der Waals surface area contributed by atoms with E-state index in [2.05, 4.69) is 22.8 Å². The lowest BCUT2D eigenvalue weighted by molar-refractivity contribution is -0.136. The molecule has 0 aliphatic carbocycles. The predicted molar refractivity (Wildman–Crippen MR) is 106 cm³/mol. The Bertz CT molecular complexity index is 812. The summed E-state index contributed by atoms with van der Waals surface area (Å²) in [6.07, 6.45) is 1.63. The molecular formula is C22H26N2O3. The van der Waals surface area contributed by atoms with E-state index in [1.54, 1.807) is 0 Å². The van der Waals surface area contributed by atoms with Crippen LogP contribution in [0.5, 0.6) is 0 Å². The topological polar surface area (TPSA) is 67.4 Å². The number of carbonyl (C=O) groups excluding carboxylic acids is 2. The summed E-state index contributed by atoms with van der Waals surface area (Å²) in [5.41, 5.74) is 3.67. The Morgan fingerprint density at radius 3 is 2.37 bits per heavy atom. The first-order valence-electron chi connectivity index (χ1n) is 9.30. The van der Waals surface area contributed by atoms with Gasteiger partial charge in [0, 0.05) is 30.9 Å². The van der Waals surface area contributed by atoms with E-state index in [0.29, 0.717) is 25.4 Å². The second-order valence-electron chi connectivity index (χ2n) is 7.21. The van der Waals surface area contributed by atoms with Gasteiger partial charge in [0.1, 0.15) is 0 Å². The average Bonchev–Trinajstić information content (AvgIpc) is 2.69. The summed E-state index contributed by atoms with van der Waals surface area (Å²) in [5.74, 6) is -1.26. The van der Waals surface area contributed by atoms with Crippen molar-refractivity contribution in [3.8, 4) is 0 Å². The lowest BCUT2D eigenvalue weighted by Gasteiger charge is -2.37. The molecule has 5 heteroatoms. The Morgan fingerprint density at radius 2 is 1.70 bits per heavy atom. The Balaban J connectivity index is 1.66. The molecule has 2 aromatic rings. The van der Waals surface area contributed by atoms with Gasteiger partial charge in [0.05, 0.1) is 0 Å². The number of rotatable bonds is 4. The first kappa shape index (κ1) is 19.1. The Morgan fingerprint density at radius 1 is 1.00 bits per heavy atom. The number of anilines is 1. The van der Waals surface area contributed by atoms with Crippen LogP contribution in [0, 0.1) is 13.8 Å². The molecule has 0 aromatic heterocycles. The van der Waals surface area contributed by atoms with Crippen LogP contribution >= 0.6 is 0 Å². The molecule has 3 rings (SSSR count). The molecule has 142 valence electrons. The van der Waals surface area contributed by atoms with Gasteiger partial charge < -0.3 is 15.4 Å². The summed E-state index contributed by atoms with van der Waals surface area (Å²) in [7, 11) is 0. The number of ether oxygens (including phenoxy) is 1. The molecule has 27 heavy (non-hydrogen) atoms. The summed E-state index contributed by atoms with van der Waals surface area (Å²) >= 11 is 0. The standard InChI is InChI=1S/C22H26N2O3/c1-16-8-9-19(17(2)14-16)24-21(26)20(25)23-15-22(10-12-27-13-11-22)18-6-4-3-5-7-18/h3-9,14H,10-13,15H2,1-2H3,(H,23,25)(H,24,26). The van der Waals surface area contributed by atoms with Crippen LogP contribution in [0.1, 0.15) is 29.5 Å². The van der Waals surface area contributed by atoms with Crippen molar-refractivity contribution in [3.63, 3.8) is 0 Å². The molecule has 0 bridgehead atoms. The van der Waals surface area contributed by atoms with Crippen molar-refractivity contribution in [1.82, 2.24) is 5.32 Å². The van der Waals surface area contributed by atoms with Gasteiger partial charge in [-0.1, -0.05) is 48.0 Å². The Hall–Kier alpha value is -2.66. The van der Waals surface area contributed by atoms with Crippen LogP contribution in [0.4, 0.5) is 5.69 Å². The van der Waals surface area contributed by atoms with E-state index in [-0.39, 0.29) is 5.41 Å². The van der Waals surface area contributed by atoms with Crippen LogP contribution in [0.25, 0.3) is 0 Å². The molecule has 1 saturated heterocycles. The number of amides is 2. The molecular weight excluding hydrogens is 340 g/mol. The molecule has 1 fully saturated rings. The van der Waals surface area contributed by atoms with Crippen LogP contribution in [0.2, 0.25) is 0 Å². The highest BCUT2D eigenvalue weighted by Crippen LogP contribution is 2.34. The summed E-state index contributed by atoms with van der Waals surface area (Å²) in [6.45, 7) is 5.62. The molecule has 0 spiro atoms.